The number of hydrogen-bond acceptors (Lipinski definition) is 6. The van der Waals surface area contributed by atoms with Crippen molar-refractivity contribution in [2.75, 3.05) is 20.2 Å². The molecule has 0 atom stereocenters. The van der Waals surface area contributed by atoms with Crippen molar-refractivity contribution >= 4 is 27.3 Å². The Morgan fingerprint density at radius 1 is 1.33 bits per heavy atom. The molecule has 1 fully saturated rings. The summed E-state index contributed by atoms with van der Waals surface area (Å²) in [5.41, 5.74) is 1.00. The maximum absolute atomic E-state index is 12.8. The number of piperidine rings is 1. The Hall–Kier alpha value is -1.71. The number of aromatic nitrogens is 2. The van der Waals surface area contributed by atoms with Crippen molar-refractivity contribution in [3.8, 4) is 0 Å². The molecular formula is C15H19N3O4S2. The van der Waals surface area contributed by atoms with Crippen LogP contribution in [-0.4, -0.2) is 48.7 Å². The molecule has 3 rings (SSSR count). The zero-order valence-corrected chi connectivity index (χ0v) is 15.1. The third kappa shape index (κ3) is 3.11. The predicted octanol–water partition coefficient (Wildman–Crippen LogP) is 1.84. The average molecular weight is 369 g/mol. The van der Waals surface area contributed by atoms with E-state index < -0.39 is 16.0 Å². The lowest BCUT2D eigenvalue weighted by Crippen LogP contribution is -2.38. The van der Waals surface area contributed by atoms with E-state index in [2.05, 4.69) is 9.84 Å². The summed E-state index contributed by atoms with van der Waals surface area (Å²) in [6, 6.07) is 3.44. The highest BCUT2D eigenvalue weighted by molar-refractivity contribution is 7.89. The zero-order valence-electron chi connectivity index (χ0n) is 13.5. The van der Waals surface area contributed by atoms with Gasteiger partial charge in [0.1, 0.15) is 9.77 Å². The van der Waals surface area contributed by atoms with Crippen LogP contribution in [0, 0.1) is 0 Å². The van der Waals surface area contributed by atoms with Gasteiger partial charge < -0.3 is 4.74 Å². The minimum atomic E-state index is -3.69. The number of thiophene rings is 1. The lowest BCUT2D eigenvalue weighted by atomic mass is 9.95. The van der Waals surface area contributed by atoms with Crippen molar-refractivity contribution in [3.05, 3.63) is 34.3 Å². The second kappa shape index (κ2) is 6.66. The summed E-state index contributed by atoms with van der Waals surface area (Å²) in [5, 5.41) is 6.01. The number of methoxy groups -OCH3 is 1. The average Bonchev–Trinajstić information content (AvgIpc) is 3.23. The molecule has 24 heavy (non-hydrogen) atoms. The number of carbonyl (C=O) groups is 1. The van der Waals surface area contributed by atoms with Gasteiger partial charge in [-0.05, 0) is 30.4 Å². The van der Waals surface area contributed by atoms with Crippen LogP contribution in [-0.2, 0) is 21.8 Å². The Morgan fingerprint density at radius 2 is 2.04 bits per heavy atom. The summed E-state index contributed by atoms with van der Waals surface area (Å²) in [4.78, 5) is 11.9. The van der Waals surface area contributed by atoms with Crippen LogP contribution in [0.3, 0.4) is 0 Å². The van der Waals surface area contributed by atoms with Gasteiger partial charge in [0.15, 0.2) is 0 Å². The van der Waals surface area contributed by atoms with E-state index in [1.807, 2.05) is 19.3 Å². The molecule has 0 radical (unpaired) electrons. The first-order chi connectivity index (χ1) is 11.4. The van der Waals surface area contributed by atoms with E-state index >= 15 is 0 Å². The van der Waals surface area contributed by atoms with Crippen LogP contribution < -0.4 is 0 Å². The topological polar surface area (TPSA) is 81.5 Å². The van der Waals surface area contributed by atoms with E-state index in [1.165, 1.54) is 17.5 Å². The Labute approximate surface area is 144 Å². The molecule has 0 N–H and O–H groups in total. The van der Waals surface area contributed by atoms with Crippen LogP contribution in [0.2, 0.25) is 0 Å². The summed E-state index contributed by atoms with van der Waals surface area (Å²) in [7, 11) is -0.572. The number of rotatable bonds is 4. The molecule has 0 bridgehead atoms. The molecule has 1 saturated heterocycles. The fraction of sp³-hybridized carbons (Fsp3) is 0.467. The van der Waals surface area contributed by atoms with Gasteiger partial charge in [0.2, 0.25) is 10.0 Å². The van der Waals surface area contributed by atoms with E-state index in [1.54, 1.807) is 10.1 Å². The van der Waals surface area contributed by atoms with Crippen molar-refractivity contribution in [1.82, 2.24) is 14.1 Å². The second-order valence-electron chi connectivity index (χ2n) is 5.70. The van der Waals surface area contributed by atoms with Gasteiger partial charge in [-0.1, -0.05) is 0 Å². The van der Waals surface area contributed by atoms with Crippen LogP contribution in [0.4, 0.5) is 0 Å². The quantitative estimate of drug-likeness (QED) is 0.768. The number of aryl methyl sites for hydroxylation is 1. The van der Waals surface area contributed by atoms with Crippen LogP contribution in [0.1, 0.15) is 34.1 Å². The third-order valence-electron chi connectivity index (χ3n) is 4.22. The van der Waals surface area contributed by atoms with E-state index in [-0.39, 0.29) is 15.7 Å². The Morgan fingerprint density at radius 3 is 2.62 bits per heavy atom. The van der Waals surface area contributed by atoms with Crippen LogP contribution >= 0.6 is 11.3 Å². The molecule has 0 unspecified atom stereocenters. The van der Waals surface area contributed by atoms with Gasteiger partial charge in [0.25, 0.3) is 0 Å². The van der Waals surface area contributed by atoms with Gasteiger partial charge in [-0.3, -0.25) is 4.68 Å². The monoisotopic (exact) mass is 369 g/mol. The second-order valence-corrected chi connectivity index (χ2v) is 8.52. The van der Waals surface area contributed by atoms with E-state index in [0.29, 0.717) is 25.9 Å². The fourth-order valence-corrected chi connectivity index (χ4v) is 5.70. The third-order valence-corrected chi connectivity index (χ3v) is 7.19. The minimum absolute atomic E-state index is 0.0376. The van der Waals surface area contributed by atoms with Gasteiger partial charge >= 0.3 is 5.97 Å². The normalized spacial score (nSPS) is 17.1. The van der Waals surface area contributed by atoms with Crippen molar-refractivity contribution in [3.63, 3.8) is 0 Å². The number of sulfonamides is 1. The molecule has 2 aromatic rings. The molecule has 0 spiro atoms. The molecular weight excluding hydrogens is 350 g/mol. The Bertz CT molecular complexity index is 833. The summed E-state index contributed by atoms with van der Waals surface area (Å²) >= 11 is 1.08. The smallest absolute Gasteiger partial charge is 0.349 e. The van der Waals surface area contributed by atoms with Gasteiger partial charge in [-0.2, -0.15) is 9.40 Å². The van der Waals surface area contributed by atoms with Gasteiger partial charge in [0.05, 0.1) is 12.8 Å². The van der Waals surface area contributed by atoms with Crippen LogP contribution in [0.15, 0.2) is 28.6 Å². The first kappa shape index (κ1) is 17.1. The molecule has 1 aliphatic rings. The Kier molecular flexibility index (Phi) is 4.75. The number of nitrogens with zero attached hydrogens (tertiary/aromatic N) is 3. The molecule has 0 saturated carbocycles. The van der Waals surface area contributed by atoms with Crippen LogP contribution in [0.25, 0.3) is 0 Å². The summed E-state index contributed by atoms with van der Waals surface area (Å²) in [5.74, 6) is -0.354. The van der Waals surface area contributed by atoms with Crippen LogP contribution in [0.5, 0.6) is 0 Å². The molecule has 0 aliphatic carbocycles. The first-order valence-corrected chi connectivity index (χ1v) is 9.91. The van der Waals surface area contributed by atoms with E-state index in [4.69, 9.17) is 0 Å². The minimum Gasteiger partial charge on any atom is -0.465 e. The molecule has 0 amide bonds. The molecule has 2 aromatic heterocycles. The summed E-state index contributed by atoms with van der Waals surface area (Å²) in [6.45, 7) is 0.833. The fourth-order valence-electron chi connectivity index (χ4n) is 2.92. The Balaban J connectivity index is 1.76. The molecule has 9 heteroatoms. The van der Waals surface area contributed by atoms with Crippen molar-refractivity contribution in [2.45, 2.75) is 23.7 Å². The predicted molar refractivity (Wildman–Crippen MR) is 89.6 cm³/mol. The van der Waals surface area contributed by atoms with Crippen molar-refractivity contribution in [1.29, 1.82) is 0 Å². The van der Waals surface area contributed by atoms with E-state index in [9.17, 15) is 13.2 Å². The van der Waals surface area contributed by atoms with Gasteiger partial charge in [0, 0.05) is 32.3 Å². The standard InChI is InChI=1S/C15H19N3O4S2/c1-17-7-5-12(16-17)11-3-8-18(9-4-11)24(20,21)13-6-10-23-14(13)15(19)22-2/h5-7,10-11H,3-4,8-9H2,1-2H3. The van der Waals surface area contributed by atoms with Crippen molar-refractivity contribution < 1.29 is 17.9 Å². The molecule has 0 aromatic carbocycles. The van der Waals surface area contributed by atoms with Gasteiger partial charge in [-0.25, -0.2) is 13.2 Å². The SMILES string of the molecule is COC(=O)c1sccc1S(=O)(=O)N1CCC(c2ccn(C)n2)CC1. The maximum atomic E-state index is 12.8. The van der Waals surface area contributed by atoms with Gasteiger partial charge in [-0.15, -0.1) is 11.3 Å². The molecule has 1 aliphatic heterocycles. The number of ether oxygens (including phenoxy) is 1. The summed E-state index contributed by atoms with van der Waals surface area (Å²) in [6.07, 6.45) is 3.33. The summed E-state index contributed by atoms with van der Waals surface area (Å²) < 4.78 is 33.6. The molecule has 7 nitrogen and oxygen atoms in total. The highest BCUT2D eigenvalue weighted by Gasteiger charge is 2.34. The lowest BCUT2D eigenvalue weighted by molar-refractivity contribution is 0.0602. The number of esters is 1. The first-order valence-electron chi connectivity index (χ1n) is 7.59. The molecule has 3 heterocycles. The number of hydrogen-bond donors (Lipinski definition) is 0. The van der Waals surface area contributed by atoms with Crippen molar-refractivity contribution in [2.24, 2.45) is 7.05 Å². The largest absolute Gasteiger partial charge is 0.465 e. The molecule has 130 valence electrons. The highest BCUT2D eigenvalue weighted by atomic mass is 32.2. The maximum Gasteiger partial charge on any atom is 0.349 e. The number of carbonyl (C=O) groups excluding carboxylic acids is 1. The zero-order chi connectivity index (χ0) is 17.3. The van der Waals surface area contributed by atoms with E-state index in [0.717, 1.165) is 17.0 Å². The highest BCUT2D eigenvalue weighted by Crippen LogP contribution is 2.32. The lowest BCUT2D eigenvalue weighted by Gasteiger charge is -2.30.